The monoisotopic (exact) mass is 508 g/mol. The molecule has 0 aliphatic rings. The number of amides is 2. The molecule has 0 saturated heterocycles. The van der Waals surface area contributed by atoms with E-state index in [1.54, 1.807) is 67.9 Å². The van der Waals surface area contributed by atoms with Crippen LogP contribution in [0.1, 0.15) is 20.8 Å². The summed E-state index contributed by atoms with van der Waals surface area (Å²) in [7, 11) is 4.75. The maximum absolute atomic E-state index is 13.5. The summed E-state index contributed by atoms with van der Waals surface area (Å²) < 4.78 is 16.0. The predicted molar refractivity (Wildman–Crippen MR) is 142 cm³/mol. The third-order valence-corrected chi connectivity index (χ3v) is 6.54. The number of benzene rings is 2. The van der Waals surface area contributed by atoms with Gasteiger partial charge in [0.1, 0.15) is 12.3 Å². The minimum absolute atomic E-state index is 0.0562. The van der Waals surface area contributed by atoms with Gasteiger partial charge in [-0.05, 0) is 53.8 Å². The summed E-state index contributed by atoms with van der Waals surface area (Å²) >= 11 is 1.60. The fraction of sp³-hybridized carbons (Fsp3) is 0.286. The first kappa shape index (κ1) is 26.8. The molecule has 2 amide bonds. The van der Waals surface area contributed by atoms with Gasteiger partial charge in [0.15, 0.2) is 11.5 Å². The smallest absolute Gasteiger partial charge is 0.254 e. The topological polar surface area (TPSA) is 68.3 Å². The molecule has 0 atom stereocenters. The van der Waals surface area contributed by atoms with Crippen molar-refractivity contribution in [3.8, 4) is 17.2 Å². The van der Waals surface area contributed by atoms with Gasteiger partial charge < -0.3 is 24.0 Å². The van der Waals surface area contributed by atoms with E-state index in [0.29, 0.717) is 42.3 Å². The summed E-state index contributed by atoms with van der Waals surface area (Å²) in [6.07, 6.45) is 2.25. The number of ether oxygens (including phenoxy) is 3. The van der Waals surface area contributed by atoms with Crippen LogP contribution < -0.4 is 14.2 Å². The predicted octanol–water partition coefficient (Wildman–Crippen LogP) is 4.67. The van der Waals surface area contributed by atoms with Crippen molar-refractivity contribution >= 4 is 23.2 Å². The number of carbonyl (C=O) groups excluding carboxylic acids is 2. The van der Waals surface area contributed by atoms with E-state index in [1.165, 1.54) is 4.90 Å². The molecule has 3 rings (SSSR count). The second-order valence-corrected chi connectivity index (χ2v) is 9.07. The van der Waals surface area contributed by atoms with Gasteiger partial charge in [0, 0.05) is 23.5 Å². The molecule has 8 heteroatoms. The molecule has 190 valence electrons. The zero-order chi connectivity index (χ0) is 25.9. The van der Waals surface area contributed by atoms with Crippen LogP contribution in [0.4, 0.5) is 0 Å². The Labute approximate surface area is 216 Å². The summed E-state index contributed by atoms with van der Waals surface area (Å²) in [4.78, 5) is 31.1. The standard InChI is InChI=1S/C28H32N2O5S/c1-5-14-30(28(32)22-8-6-9-23(18-22)33-2)20-27(31)29(19-24-10-7-16-36-24)15-13-21-11-12-25(34-3)26(17-21)35-4/h5-12,16-18H,1,13-15,19-20H2,2-4H3. The van der Waals surface area contributed by atoms with Crippen molar-refractivity contribution in [1.29, 1.82) is 0 Å². The summed E-state index contributed by atoms with van der Waals surface area (Å²) in [5, 5.41) is 1.99. The van der Waals surface area contributed by atoms with Crippen LogP contribution in [0.5, 0.6) is 17.2 Å². The van der Waals surface area contributed by atoms with E-state index in [0.717, 1.165) is 10.4 Å². The van der Waals surface area contributed by atoms with E-state index in [9.17, 15) is 9.59 Å². The highest BCUT2D eigenvalue weighted by Gasteiger charge is 2.22. The number of methoxy groups -OCH3 is 3. The largest absolute Gasteiger partial charge is 0.497 e. The second-order valence-electron chi connectivity index (χ2n) is 8.04. The normalized spacial score (nSPS) is 10.4. The minimum atomic E-state index is -0.252. The van der Waals surface area contributed by atoms with Gasteiger partial charge in [0.2, 0.25) is 5.91 Å². The molecule has 0 spiro atoms. The first-order valence-corrected chi connectivity index (χ1v) is 12.4. The van der Waals surface area contributed by atoms with Crippen LogP contribution in [0.25, 0.3) is 0 Å². The quantitative estimate of drug-likeness (QED) is 0.314. The van der Waals surface area contributed by atoms with Crippen LogP contribution in [-0.4, -0.2) is 62.6 Å². The van der Waals surface area contributed by atoms with E-state index < -0.39 is 0 Å². The van der Waals surface area contributed by atoms with Gasteiger partial charge >= 0.3 is 0 Å². The third kappa shape index (κ3) is 7.11. The molecule has 1 aromatic heterocycles. The van der Waals surface area contributed by atoms with Crippen molar-refractivity contribution < 1.29 is 23.8 Å². The zero-order valence-corrected chi connectivity index (χ0v) is 21.8. The molecule has 0 aliphatic heterocycles. The summed E-state index contributed by atoms with van der Waals surface area (Å²) in [5.74, 6) is 1.50. The van der Waals surface area contributed by atoms with Crippen LogP contribution in [-0.2, 0) is 17.8 Å². The van der Waals surface area contributed by atoms with Gasteiger partial charge in [-0.25, -0.2) is 0 Å². The lowest BCUT2D eigenvalue weighted by Gasteiger charge is -2.27. The van der Waals surface area contributed by atoms with Crippen molar-refractivity contribution in [3.63, 3.8) is 0 Å². The lowest BCUT2D eigenvalue weighted by Crippen LogP contribution is -2.43. The summed E-state index contributed by atoms with van der Waals surface area (Å²) in [6.45, 7) is 4.92. The average Bonchev–Trinajstić information content (AvgIpc) is 3.43. The fourth-order valence-electron chi connectivity index (χ4n) is 3.76. The number of thiophene rings is 1. The molecule has 0 radical (unpaired) electrons. The van der Waals surface area contributed by atoms with E-state index >= 15 is 0 Å². The van der Waals surface area contributed by atoms with Crippen molar-refractivity contribution in [2.24, 2.45) is 0 Å². The highest BCUT2D eigenvalue weighted by atomic mass is 32.1. The van der Waals surface area contributed by atoms with Crippen molar-refractivity contribution in [2.75, 3.05) is 41.0 Å². The fourth-order valence-corrected chi connectivity index (χ4v) is 4.48. The van der Waals surface area contributed by atoms with Crippen molar-refractivity contribution in [1.82, 2.24) is 9.80 Å². The molecule has 2 aromatic carbocycles. The SMILES string of the molecule is C=CCN(CC(=O)N(CCc1ccc(OC)c(OC)c1)Cc1cccs1)C(=O)c1cccc(OC)c1. The molecule has 0 bridgehead atoms. The maximum Gasteiger partial charge on any atom is 0.254 e. The number of nitrogens with zero attached hydrogens (tertiary/aromatic N) is 2. The van der Waals surface area contributed by atoms with Gasteiger partial charge in [-0.1, -0.05) is 24.3 Å². The van der Waals surface area contributed by atoms with E-state index in [-0.39, 0.29) is 24.9 Å². The van der Waals surface area contributed by atoms with Gasteiger partial charge in [-0.2, -0.15) is 0 Å². The molecule has 0 fully saturated rings. The molecule has 0 aliphatic carbocycles. The molecule has 0 N–H and O–H groups in total. The molecule has 1 heterocycles. The zero-order valence-electron chi connectivity index (χ0n) is 20.9. The van der Waals surface area contributed by atoms with Crippen LogP contribution in [0.2, 0.25) is 0 Å². The Morgan fingerprint density at radius 3 is 2.42 bits per heavy atom. The van der Waals surface area contributed by atoms with Crippen molar-refractivity contribution in [3.05, 3.63) is 88.6 Å². The van der Waals surface area contributed by atoms with Gasteiger partial charge in [-0.15, -0.1) is 17.9 Å². The molecule has 7 nitrogen and oxygen atoms in total. The second kappa shape index (κ2) is 13.3. The number of hydrogen-bond donors (Lipinski definition) is 0. The number of hydrogen-bond acceptors (Lipinski definition) is 6. The Hall–Kier alpha value is -3.78. The molecule has 0 unspecified atom stereocenters. The van der Waals surface area contributed by atoms with E-state index in [4.69, 9.17) is 14.2 Å². The first-order chi connectivity index (χ1) is 17.5. The molecule has 36 heavy (non-hydrogen) atoms. The molecular formula is C28H32N2O5S. The first-order valence-electron chi connectivity index (χ1n) is 11.5. The Kier molecular flexibility index (Phi) is 9.94. The van der Waals surface area contributed by atoms with Crippen LogP contribution >= 0.6 is 11.3 Å². The Morgan fingerprint density at radius 1 is 0.944 bits per heavy atom. The minimum Gasteiger partial charge on any atom is -0.497 e. The van der Waals surface area contributed by atoms with E-state index in [1.807, 2.05) is 35.7 Å². The maximum atomic E-state index is 13.5. The highest BCUT2D eigenvalue weighted by molar-refractivity contribution is 7.09. The van der Waals surface area contributed by atoms with Gasteiger partial charge in [0.05, 0.1) is 27.9 Å². The molecule has 0 saturated carbocycles. The Balaban J connectivity index is 1.77. The van der Waals surface area contributed by atoms with Crippen LogP contribution in [0.3, 0.4) is 0 Å². The Bertz CT molecular complexity index is 1160. The Morgan fingerprint density at radius 2 is 1.75 bits per heavy atom. The number of carbonyl (C=O) groups is 2. The summed E-state index contributed by atoms with van der Waals surface area (Å²) in [6, 6.07) is 16.6. The number of rotatable bonds is 13. The van der Waals surface area contributed by atoms with Crippen molar-refractivity contribution in [2.45, 2.75) is 13.0 Å². The van der Waals surface area contributed by atoms with Gasteiger partial charge in [0.25, 0.3) is 5.91 Å². The average molecular weight is 509 g/mol. The van der Waals surface area contributed by atoms with Crippen LogP contribution in [0, 0.1) is 0 Å². The lowest BCUT2D eigenvalue weighted by molar-refractivity contribution is -0.132. The molecule has 3 aromatic rings. The lowest BCUT2D eigenvalue weighted by atomic mass is 10.1. The van der Waals surface area contributed by atoms with E-state index in [2.05, 4.69) is 6.58 Å². The summed E-state index contributed by atoms with van der Waals surface area (Å²) in [5.41, 5.74) is 1.48. The third-order valence-electron chi connectivity index (χ3n) is 5.68. The highest BCUT2D eigenvalue weighted by Crippen LogP contribution is 2.28. The van der Waals surface area contributed by atoms with Crippen LogP contribution in [0.15, 0.2) is 72.6 Å². The molecular weight excluding hydrogens is 476 g/mol. The van der Waals surface area contributed by atoms with Gasteiger partial charge in [-0.3, -0.25) is 9.59 Å².